The van der Waals surface area contributed by atoms with Gasteiger partial charge in [-0.3, -0.25) is 9.59 Å². The Hall–Kier alpha value is -1.60. The fraction of sp³-hybridized carbons (Fsp3) is 0.538. The van der Waals surface area contributed by atoms with Crippen LogP contribution in [0, 0.1) is 5.92 Å². The van der Waals surface area contributed by atoms with E-state index >= 15 is 0 Å². The van der Waals surface area contributed by atoms with E-state index in [1.807, 2.05) is 0 Å². The summed E-state index contributed by atoms with van der Waals surface area (Å²) in [5.74, 6) is -0.217. The zero-order chi connectivity index (χ0) is 14.9. The summed E-state index contributed by atoms with van der Waals surface area (Å²) in [7, 11) is 2.09. The molecule has 6 nitrogen and oxygen atoms in total. The molecule has 0 radical (unpaired) electrons. The van der Waals surface area contributed by atoms with Gasteiger partial charge in [0.05, 0.1) is 16.1 Å². The predicted molar refractivity (Wildman–Crippen MR) is 81.3 cm³/mol. The van der Waals surface area contributed by atoms with Crippen molar-refractivity contribution >= 4 is 33.7 Å². The summed E-state index contributed by atoms with van der Waals surface area (Å²) in [5.41, 5.74) is 11.7. The first-order chi connectivity index (χ1) is 9.40. The molecule has 0 saturated carbocycles. The Morgan fingerprint density at radius 2 is 2.20 bits per heavy atom. The van der Waals surface area contributed by atoms with Crippen LogP contribution in [0.2, 0.25) is 0 Å². The van der Waals surface area contributed by atoms with Gasteiger partial charge in [-0.2, -0.15) is 0 Å². The minimum absolute atomic E-state index is 0.149. The molecule has 1 aromatic rings. The minimum atomic E-state index is -0.600. The average molecular weight is 296 g/mol. The lowest BCUT2D eigenvalue weighted by Gasteiger charge is -2.12. The number of nitrogens with two attached hydrogens (primary N) is 2. The van der Waals surface area contributed by atoms with Gasteiger partial charge in [-0.25, -0.2) is 0 Å². The molecule has 1 aliphatic heterocycles. The number of thiophene rings is 1. The number of nitrogen functional groups attached to an aromatic ring is 1. The molecule has 7 heteroatoms. The van der Waals surface area contributed by atoms with Crippen LogP contribution in [-0.2, 0) is 0 Å². The van der Waals surface area contributed by atoms with Crippen LogP contribution in [0.15, 0.2) is 0 Å². The van der Waals surface area contributed by atoms with Crippen LogP contribution >= 0.6 is 11.3 Å². The Kier molecular flexibility index (Phi) is 4.29. The Bertz CT molecular complexity index is 541. The molecule has 0 bridgehead atoms. The highest BCUT2D eigenvalue weighted by molar-refractivity contribution is 7.19. The van der Waals surface area contributed by atoms with Crippen molar-refractivity contribution in [2.75, 3.05) is 37.7 Å². The first kappa shape index (κ1) is 14.8. The summed E-state index contributed by atoms with van der Waals surface area (Å²) in [6, 6.07) is 0. The molecule has 20 heavy (non-hydrogen) atoms. The second-order valence-electron chi connectivity index (χ2n) is 5.27. The van der Waals surface area contributed by atoms with Gasteiger partial charge in [-0.1, -0.05) is 0 Å². The Morgan fingerprint density at radius 1 is 1.50 bits per heavy atom. The summed E-state index contributed by atoms with van der Waals surface area (Å²) < 4.78 is 0. The fourth-order valence-electron chi connectivity index (χ4n) is 2.50. The standard InChI is InChI=1S/C13H20N4O2S/c1-7(18)11-10(14)9(12(15)19)13(20-11)16-5-8-3-4-17(2)6-8/h8,16H,3-6,14H2,1-2H3,(H2,15,19). The number of hydrogen-bond donors (Lipinski definition) is 3. The molecule has 0 spiro atoms. The largest absolute Gasteiger partial charge is 0.397 e. The van der Waals surface area contributed by atoms with Crippen molar-refractivity contribution in [2.24, 2.45) is 11.7 Å². The van der Waals surface area contributed by atoms with Crippen molar-refractivity contribution in [3.63, 3.8) is 0 Å². The fourth-order valence-corrected chi connectivity index (χ4v) is 3.53. The highest BCUT2D eigenvalue weighted by atomic mass is 32.1. The second-order valence-corrected chi connectivity index (χ2v) is 6.29. The van der Waals surface area contributed by atoms with Gasteiger partial charge in [-0.15, -0.1) is 11.3 Å². The third-order valence-corrected chi connectivity index (χ3v) is 4.82. The number of carbonyl (C=O) groups excluding carboxylic acids is 2. The number of anilines is 2. The van der Waals surface area contributed by atoms with Gasteiger partial charge < -0.3 is 21.7 Å². The molecule has 1 unspecified atom stereocenters. The maximum atomic E-state index is 11.5. The lowest BCUT2D eigenvalue weighted by molar-refractivity contribution is 0.100. The van der Waals surface area contributed by atoms with Crippen molar-refractivity contribution in [2.45, 2.75) is 13.3 Å². The molecule has 0 aliphatic carbocycles. The SMILES string of the molecule is CC(=O)c1sc(NCC2CCN(C)C2)c(C(N)=O)c1N. The summed E-state index contributed by atoms with van der Waals surface area (Å²) in [5, 5.41) is 3.84. The third kappa shape index (κ3) is 2.94. The van der Waals surface area contributed by atoms with Crippen LogP contribution in [0.1, 0.15) is 33.4 Å². The molecule has 1 fully saturated rings. The minimum Gasteiger partial charge on any atom is -0.397 e. The molecule has 110 valence electrons. The number of Topliss-reactive ketones (excluding diaryl/α,β-unsaturated/α-hetero) is 1. The number of likely N-dealkylation sites (tertiary alicyclic amines) is 1. The van der Waals surface area contributed by atoms with Gasteiger partial charge in [0.1, 0.15) is 5.00 Å². The maximum absolute atomic E-state index is 11.5. The van der Waals surface area contributed by atoms with Gasteiger partial charge in [0, 0.05) is 20.0 Å². The van der Waals surface area contributed by atoms with E-state index in [9.17, 15) is 9.59 Å². The number of carbonyl (C=O) groups is 2. The van der Waals surface area contributed by atoms with E-state index in [0.717, 1.165) is 26.1 Å². The molecule has 0 aromatic carbocycles. The molecule has 5 N–H and O–H groups in total. The average Bonchev–Trinajstić information content (AvgIpc) is 2.90. The Morgan fingerprint density at radius 3 is 2.70 bits per heavy atom. The Labute approximate surface area is 122 Å². The van der Waals surface area contributed by atoms with Crippen molar-refractivity contribution in [3.8, 4) is 0 Å². The smallest absolute Gasteiger partial charge is 0.253 e. The van der Waals surface area contributed by atoms with Crippen LogP contribution in [-0.4, -0.2) is 43.3 Å². The van der Waals surface area contributed by atoms with Crippen LogP contribution in [0.3, 0.4) is 0 Å². The van der Waals surface area contributed by atoms with Crippen LogP contribution in [0.5, 0.6) is 0 Å². The summed E-state index contributed by atoms with van der Waals surface area (Å²) >= 11 is 1.21. The van der Waals surface area contributed by atoms with Crippen molar-refractivity contribution in [3.05, 3.63) is 10.4 Å². The molecule has 2 heterocycles. The van der Waals surface area contributed by atoms with Crippen LogP contribution in [0.4, 0.5) is 10.7 Å². The van der Waals surface area contributed by atoms with E-state index in [0.29, 0.717) is 15.8 Å². The normalized spacial score (nSPS) is 19.2. The number of hydrogen-bond acceptors (Lipinski definition) is 6. The molecule has 1 saturated heterocycles. The molecule has 1 aromatic heterocycles. The summed E-state index contributed by atoms with van der Waals surface area (Å²) in [4.78, 5) is 25.7. The van der Waals surface area contributed by atoms with Crippen molar-refractivity contribution in [1.29, 1.82) is 0 Å². The van der Waals surface area contributed by atoms with Crippen molar-refractivity contribution in [1.82, 2.24) is 4.90 Å². The topological polar surface area (TPSA) is 101 Å². The maximum Gasteiger partial charge on any atom is 0.253 e. The van der Waals surface area contributed by atoms with Crippen molar-refractivity contribution < 1.29 is 9.59 Å². The second kappa shape index (κ2) is 5.80. The van der Waals surface area contributed by atoms with E-state index in [1.165, 1.54) is 18.3 Å². The number of nitrogens with one attached hydrogen (secondary N) is 1. The van der Waals surface area contributed by atoms with Gasteiger partial charge in [0.2, 0.25) is 0 Å². The quantitative estimate of drug-likeness (QED) is 0.703. The highest BCUT2D eigenvalue weighted by Crippen LogP contribution is 2.36. The molecular formula is C13H20N4O2S. The van der Waals surface area contributed by atoms with E-state index in [4.69, 9.17) is 11.5 Å². The van der Waals surface area contributed by atoms with E-state index < -0.39 is 5.91 Å². The third-order valence-electron chi connectivity index (χ3n) is 3.55. The molecule has 1 aliphatic rings. The zero-order valence-electron chi connectivity index (χ0n) is 11.7. The highest BCUT2D eigenvalue weighted by Gasteiger charge is 2.24. The van der Waals surface area contributed by atoms with E-state index in [-0.39, 0.29) is 17.0 Å². The van der Waals surface area contributed by atoms with Gasteiger partial charge in [-0.05, 0) is 25.9 Å². The molecule has 1 amide bonds. The Balaban J connectivity index is 2.16. The van der Waals surface area contributed by atoms with Gasteiger partial charge >= 0.3 is 0 Å². The first-order valence-corrected chi connectivity index (χ1v) is 7.37. The summed E-state index contributed by atoms with van der Waals surface area (Å²) in [6.45, 7) is 4.30. The summed E-state index contributed by atoms with van der Waals surface area (Å²) in [6.07, 6.45) is 1.12. The molecule has 1 atom stereocenters. The number of rotatable bonds is 5. The van der Waals surface area contributed by atoms with E-state index in [1.54, 1.807) is 0 Å². The van der Waals surface area contributed by atoms with E-state index in [2.05, 4.69) is 17.3 Å². The predicted octanol–water partition coefficient (Wildman–Crippen LogP) is 0.995. The molecular weight excluding hydrogens is 276 g/mol. The number of ketones is 1. The number of nitrogens with zero attached hydrogens (tertiary/aromatic N) is 1. The van der Waals surface area contributed by atoms with Crippen LogP contribution in [0.25, 0.3) is 0 Å². The first-order valence-electron chi connectivity index (χ1n) is 6.55. The number of primary amides is 1. The van der Waals surface area contributed by atoms with Gasteiger partial charge in [0.15, 0.2) is 5.78 Å². The van der Waals surface area contributed by atoms with Gasteiger partial charge in [0.25, 0.3) is 5.91 Å². The lowest BCUT2D eigenvalue weighted by atomic mass is 10.1. The monoisotopic (exact) mass is 296 g/mol. The van der Waals surface area contributed by atoms with Crippen LogP contribution < -0.4 is 16.8 Å². The zero-order valence-corrected chi connectivity index (χ0v) is 12.5. The molecule has 2 rings (SSSR count). The number of amides is 1. The lowest BCUT2D eigenvalue weighted by Crippen LogP contribution is -2.20.